The highest BCUT2D eigenvalue weighted by Gasteiger charge is 2.67. The topological polar surface area (TPSA) is 111 Å². The van der Waals surface area contributed by atoms with Gasteiger partial charge in [-0.05, 0) is 97.9 Å². The lowest BCUT2D eigenvalue weighted by atomic mass is 9.82. The van der Waals surface area contributed by atoms with Gasteiger partial charge < -0.3 is 23.8 Å². The summed E-state index contributed by atoms with van der Waals surface area (Å²) in [6.07, 6.45) is 2.57. The molecule has 2 fully saturated rings. The van der Waals surface area contributed by atoms with E-state index in [9.17, 15) is 19.5 Å². The number of halogens is 1. The van der Waals surface area contributed by atoms with E-state index in [1.165, 1.54) is 0 Å². The van der Waals surface area contributed by atoms with E-state index >= 15 is 8.90 Å². The highest BCUT2D eigenvalue weighted by atomic mass is 28.4. The number of aliphatic hydroxyl groups is 1. The Morgan fingerprint density at radius 2 is 1.43 bits per heavy atom. The Hall–Kier alpha value is -5.17. The predicted octanol–water partition coefficient (Wildman–Crippen LogP) is 7.60. The molecule has 5 aliphatic rings. The molecule has 4 aromatic rings. The number of carbonyl (C=O) groups is 4. The number of fused-ring (bicyclic) bond motifs is 4. The third kappa shape index (κ3) is 6.19. The molecule has 58 heavy (non-hydrogen) atoms. The van der Waals surface area contributed by atoms with Gasteiger partial charge in [0, 0.05) is 47.8 Å². The summed E-state index contributed by atoms with van der Waals surface area (Å²) in [4.78, 5) is 62.9. The van der Waals surface area contributed by atoms with Crippen molar-refractivity contribution in [3.8, 4) is 0 Å². The largest absolute Gasteiger partial charge is 0.394 e. The van der Waals surface area contributed by atoms with Crippen LogP contribution in [0, 0.1) is 5.92 Å². The van der Waals surface area contributed by atoms with Crippen LogP contribution in [0.2, 0.25) is 18.6 Å². The first-order valence-electron chi connectivity index (χ1n) is 20.5. The monoisotopic (exact) mass is 800 g/mol. The summed E-state index contributed by atoms with van der Waals surface area (Å²) in [5.41, 5.74) is 4.79. The average molecular weight is 801 g/mol. The van der Waals surface area contributed by atoms with E-state index in [0.717, 1.165) is 40.2 Å². The Morgan fingerprint density at radius 3 is 2.05 bits per heavy atom. The average Bonchev–Trinajstić information content (AvgIpc) is 3.88. The number of hydrogen-bond acceptors (Lipinski definition) is 6. The number of nitrogens with zero attached hydrogens (tertiary/aromatic N) is 4. The van der Waals surface area contributed by atoms with Gasteiger partial charge in [-0.2, -0.15) is 0 Å². The number of carbonyl (C=O) groups excluding carboxylic acids is 4. The fourth-order valence-corrected chi connectivity index (χ4v) is 13.0. The zero-order valence-electron chi connectivity index (χ0n) is 33.2. The fourth-order valence-electron chi connectivity index (χ4n) is 10.5. The van der Waals surface area contributed by atoms with Crippen LogP contribution in [-0.2, 0) is 48.9 Å². The molecule has 5 aliphatic heterocycles. The number of para-hydroxylation sites is 2. The molecule has 0 aliphatic carbocycles. The van der Waals surface area contributed by atoms with E-state index in [-0.39, 0.29) is 49.2 Å². The molecule has 0 unspecified atom stereocenters. The minimum atomic E-state index is -3.59. The number of aryl methyl sites for hydroxylation is 2. The lowest BCUT2D eigenvalue weighted by Gasteiger charge is -2.32. The number of hydrogen-bond donors (Lipinski definition) is 1. The van der Waals surface area contributed by atoms with Crippen LogP contribution in [0.5, 0.6) is 0 Å². The maximum atomic E-state index is 16.7. The van der Waals surface area contributed by atoms with E-state index in [1.807, 2.05) is 97.9 Å². The maximum absolute atomic E-state index is 16.7. The van der Waals surface area contributed by atoms with Crippen molar-refractivity contribution in [2.24, 2.45) is 5.92 Å². The van der Waals surface area contributed by atoms with Gasteiger partial charge in [-0.25, -0.2) is 0 Å². The van der Waals surface area contributed by atoms with Crippen LogP contribution in [-0.4, -0.2) is 67.3 Å². The quantitative estimate of drug-likeness (QED) is 0.145. The normalized spacial score (nSPS) is 25.4. The Labute approximate surface area is 339 Å². The summed E-state index contributed by atoms with van der Waals surface area (Å²) in [6.45, 7) is 5.65. The number of benzene rings is 4. The second-order valence-electron chi connectivity index (χ2n) is 17.0. The fraction of sp³-hybridized carbons (Fsp3) is 0.391. The van der Waals surface area contributed by atoms with Gasteiger partial charge in [0.05, 0.1) is 48.8 Å². The molecule has 0 aromatic heterocycles. The zero-order valence-corrected chi connectivity index (χ0v) is 34.2. The molecule has 2 saturated heterocycles. The molecule has 1 N–H and O–H groups in total. The van der Waals surface area contributed by atoms with Gasteiger partial charge in [-0.15, -0.1) is 0 Å². The minimum Gasteiger partial charge on any atom is -0.394 e. The number of anilines is 5. The standard InChI is InChI=1S/C46H49FN4O6Si/c1-29-44(58(2,3)47)40(26-43(55)48-24-8-11-35(48)28-52)57-46(29)36-25-34(51-38-13-7-5-10-32(38)17-23-42(51)54)20-21-39(36)49(45(46)56)27-30-14-18-33(19-15-30)50-37-12-6-4-9-31(37)16-22-41(50)53/h4-7,9-10,12-15,18-21,25,29,35,40,44,52H,8,11,16-17,22-24,26-28H2,1-3H3/t29-,35+,40+,44-,46+/m1/s1. The Bertz CT molecular complexity index is 2310. The highest BCUT2D eigenvalue weighted by Crippen LogP contribution is 2.61. The third-order valence-electron chi connectivity index (χ3n) is 13.2. The van der Waals surface area contributed by atoms with E-state index in [1.54, 1.807) is 32.7 Å². The molecule has 0 radical (unpaired) electrons. The van der Waals surface area contributed by atoms with Crippen molar-refractivity contribution in [2.75, 3.05) is 27.9 Å². The summed E-state index contributed by atoms with van der Waals surface area (Å²) in [5, 5.41) is 10.0. The second-order valence-corrected chi connectivity index (χ2v) is 20.8. The van der Waals surface area contributed by atoms with Gasteiger partial charge in [0.15, 0.2) is 5.60 Å². The smallest absolute Gasteiger partial charge is 0.264 e. The van der Waals surface area contributed by atoms with E-state index < -0.39 is 31.6 Å². The van der Waals surface area contributed by atoms with Crippen molar-refractivity contribution < 1.29 is 33.1 Å². The molecule has 0 bridgehead atoms. The van der Waals surface area contributed by atoms with Crippen LogP contribution < -0.4 is 14.7 Å². The van der Waals surface area contributed by atoms with Gasteiger partial charge in [0.25, 0.3) is 5.91 Å². The Balaban J connectivity index is 1.11. The lowest BCUT2D eigenvalue weighted by Crippen LogP contribution is -2.45. The van der Waals surface area contributed by atoms with Gasteiger partial charge in [-0.1, -0.05) is 55.5 Å². The summed E-state index contributed by atoms with van der Waals surface area (Å²) in [6, 6.07) is 28.6. The molecular formula is C46H49FN4O6Si. The zero-order chi connectivity index (χ0) is 40.5. The molecule has 1 spiro atoms. The molecule has 0 saturated carbocycles. The van der Waals surface area contributed by atoms with Crippen molar-refractivity contribution in [2.45, 2.75) is 94.8 Å². The van der Waals surface area contributed by atoms with E-state index in [2.05, 4.69) is 0 Å². The highest BCUT2D eigenvalue weighted by molar-refractivity contribution is 6.72. The summed E-state index contributed by atoms with van der Waals surface area (Å²) >= 11 is 0. The number of likely N-dealkylation sites (tertiary alicyclic amines) is 1. The van der Waals surface area contributed by atoms with Gasteiger partial charge in [0.2, 0.25) is 26.1 Å². The van der Waals surface area contributed by atoms with Crippen LogP contribution in [0.1, 0.15) is 61.3 Å². The van der Waals surface area contributed by atoms with Gasteiger partial charge in [-0.3, -0.25) is 29.0 Å². The second kappa shape index (κ2) is 14.6. The third-order valence-corrected chi connectivity index (χ3v) is 15.7. The first-order chi connectivity index (χ1) is 27.9. The first kappa shape index (κ1) is 38.4. The summed E-state index contributed by atoms with van der Waals surface area (Å²) < 4.78 is 23.7. The molecule has 300 valence electrons. The van der Waals surface area contributed by atoms with Crippen LogP contribution in [0.4, 0.5) is 32.5 Å². The van der Waals surface area contributed by atoms with Crippen molar-refractivity contribution in [1.82, 2.24) is 4.90 Å². The summed E-state index contributed by atoms with van der Waals surface area (Å²) in [7, 11) is -3.59. The molecule has 5 atom stereocenters. The molecule has 4 aromatic carbocycles. The lowest BCUT2D eigenvalue weighted by molar-refractivity contribution is -0.150. The Kier molecular flexibility index (Phi) is 9.64. The van der Waals surface area contributed by atoms with Crippen LogP contribution in [0.25, 0.3) is 0 Å². The van der Waals surface area contributed by atoms with Crippen molar-refractivity contribution in [3.05, 3.63) is 113 Å². The molecular weight excluding hydrogens is 752 g/mol. The van der Waals surface area contributed by atoms with Crippen molar-refractivity contribution >= 4 is 60.5 Å². The van der Waals surface area contributed by atoms with Gasteiger partial charge in [0.1, 0.15) is 0 Å². The molecule has 10 nitrogen and oxygen atoms in total. The van der Waals surface area contributed by atoms with Crippen molar-refractivity contribution in [3.63, 3.8) is 0 Å². The predicted molar refractivity (Wildman–Crippen MR) is 222 cm³/mol. The SMILES string of the molecule is C[C@@H]1[C@@H]([Si](C)(C)F)[C@H](CC(=O)N2CCC[C@H]2CO)O[C@@]12C(=O)N(Cc1ccc(N3C(=O)CCc4ccccc43)cc1)c1ccc(N3C(=O)CCc4ccccc43)cc12. The van der Waals surface area contributed by atoms with Crippen LogP contribution >= 0.6 is 0 Å². The van der Waals surface area contributed by atoms with Crippen LogP contribution in [0.15, 0.2) is 91.0 Å². The van der Waals surface area contributed by atoms with E-state index in [4.69, 9.17) is 4.74 Å². The molecule has 9 rings (SSSR count). The Morgan fingerprint density at radius 1 is 0.828 bits per heavy atom. The minimum absolute atomic E-state index is 0.0218. The molecule has 5 heterocycles. The van der Waals surface area contributed by atoms with Crippen molar-refractivity contribution in [1.29, 1.82) is 0 Å². The molecule has 12 heteroatoms. The number of aliphatic hydroxyl groups excluding tert-OH is 1. The number of amides is 4. The summed E-state index contributed by atoms with van der Waals surface area (Å²) in [5.74, 6) is -1.24. The van der Waals surface area contributed by atoms with Crippen LogP contribution in [0.3, 0.4) is 0 Å². The number of ether oxygens (including phenoxy) is 1. The molecule has 4 amide bonds. The first-order valence-corrected chi connectivity index (χ1v) is 23.5. The van der Waals surface area contributed by atoms with E-state index in [0.29, 0.717) is 55.6 Å². The van der Waals surface area contributed by atoms with Gasteiger partial charge >= 0.3 is 0 Å². The maximum Gasteiger partial charge on any atom is 0.264 e. The number of rotatable bonds is 8.